The zero-order chi connectivity index (χ0) is 27.3. The summed E-state index contributed by atoms with van der Waals surface area (Å²) in [5.41, 5.74) is 7.00. The zero-order valence-electron chi connectivity index (χ0n) is 18.1. The number of carboxylic acid groups (broad SMARTS) is 1. The molecule has 0 saturated carbocycles. The average Bonchev–Trinajstić information content (AvgIpc) is 2.75. The molecule has 0 aliphatic carbocycles. The van der Waals surface area contributed by atoms with Crippen LogP contribution in [0.4, 0.5) is 52.7 Å². The van der Waals surface area contributed by atoms with Crippen LogP contribution in [0.1, 0.15) is 11.1 Å². The van der Waals surface area contributed by atoms with E-state index in [0.717, 1.165) is 16.7 Å². The van der Waals surface area contributed by atoms with Crippen molar-refractivity contribution in [3.8, 4) is 11.1 Å². The number of alkyl halides is 6. The Morgan fingerprint density at radius 3 is 2.03 bits per heavy atom. The highest BCUT2D eigenvalue weighted by molar-refractivity contribution is 6.00. The number of nitrogens with one attached hydrogen (secondary N) is 2. The number of hydrogen-bond donors (Lipinski definition) is 4. The molecule has 0 aliphatic heterocycles. The molecule has 36 heavy (non-hydrogen) atoms. The van der Waals surface area contributed by atoms with Crippen LogP contribution in [0.2, 0.25) is 0 Å². The third-order valence-corrected chi connectivity index (χ3v) is 4.37. The van der Waals surface area contributed by atoms with Crippen LogP contribution >= 0.6 is 0 Å². The predicted octanol–water partition coefficient (Wildman–Crippen LogP) is 6.07. The van der Waals surface area contributed by atoms with Gasteiger partial charge < -0.3 is 21.5 Å². The van der Waals surface area contributed by atoms with Gasteiger partial charge in [-0.2, -0.15) is 26.3 Å². The number of hydrogen-bond acceptors (Lipinski definition) is 4. The second-order valence-electron chi connectivity index (χ2n) is 7.08. The number of urea groups is 1. The van der Waals surface area contributed by atoms with Gasteiger partial charge in [0.05, 0.1) is 11.3 Å². The van der Waals surface area contributed by atoms with Crippen molar-refractivity contribution in [3.05, 3.63) is 71.7 Å². The van der Waals surface area contributed by atoms with Crippen LogP contribution in [0.15, 0.2) is 54.7 Å². The molecule has 3 rings (SSSR count). The van der Waals surface area contributed by atoms with Crippen molar-refractivity contribution >= 4 is 29.2 Å². The summed E-state index contributed by atoms with van der Waals surface area (Å²) in [6.07, 6.45) is -8.10. The molecule has 7 nitrogen and oxygen atoms in total. The molecular formula is C22H17F7N4O3. The van der Waals surface area contributed by atoms with Gasteiger partial charge in [0.25, 0.3) is 0 Å². The van der Waals surface area contributed by atoms with Crippen molar-refractivity contribution in [2.75, 3.05) is 16.4 Å². The lowest BCUT2D eigenvalue weighted by Gasteiger charge is -2.12. The fraction of sp³-hybridized carbons (Fsp3) is 0.136. The van der Waals surface area contributed by atoms with Gasteiger partial charge in [0.15, 0.2) is 0 Å². The number of anilines is 3. The monoisotopic (exact) mass is 518 g/mol. The maximum absolute atomic E-state index is 13.7. The van der Waals surface area contributed by atoms with E-state index in [1.807, 2.05) is 6.92 Å². The number of nitrogens with two attached hydrogens (primary N) is 1. The van der Waals surface area contributed by atoms with Gasteiger partial charge in [-0.25, -0.2) is 19.0 Å². The van der Waals surface area contributed by atoms with E-state index in [4.69, 9.17) is 15.6 Å². The average molecular weight is 518 g/mol. The number of benzene rings is 2. The van der Waals surface area contributed by atoms with Gasteiger partial charge in [-0.1, -0.05) is 12.1 Å². The molecule has 0 unspecified atom stereocenters. The first-order chi connectivity index (χ1) is 16.6. The molecule has 14 heteroatoms. The molecule has 192 valence electrons. The molecule has 5 N–H and O–H groups in total. The minimum absolute atomic E-state index is 0.375. The van der Waals surface area contributed by atoms with E-state index in [-0.39, 0.29) is 0 Å². The largest absolute Gasteiger partial charge is 0.490 e. The molecule has 1 heterocycles. The Hall–Kier alpha value is -4.36. The molecule has 0 aliphatic rings. The number of nitrogens with zero attached hydrogens (tertiary/aromatic N) is 1. The minimum Gasteiger partial charge on any atom is -0.475 e. The van der Waals surface area contributed by atoms with Crippen molar-refractivity contribution in [1.82, 2.24) is 4.98 Å². The number of halogens is 7. The van der Waals surface area contributed by atoms with Crippen LogP contribution in [0.3, 0.4) is 0 Å². The Morgan fingerprint density at radius 2 is 1.53 bits per heavy atom. The molecule has 1 aromatic heterocycles. The van der Waals surface area contributed by atoms with E-state index >= 15 is 0 Å². The predicted molar refractivity (Wildman–Crippen MR) is 117 cm³/mol. The number of pyridine rings is 1. The Labute approximate surface area is 198 Å². The lowest BCUT2D eigenvalue weighted by atomic mass is 10.0. The second-order valence-corrected chi connectivity index (χ2v) is 7.08. The highest BCUT2D eigenvalue weighted by atomic mass is 19.4. The van der Waals surface area contributed by atoms with E-state index in [1.54, 1.807) is 36.5 Å². The number of aryl methyl sites for hydroxylation is 1. The third kappa shape index (κ3) is 7.85. The Morgan fingerprint density at radius 1 is 0.944 bits per heavy atom. The first kappa shape index (κ1) is 27.9. The number of nitrogen functional groups attached to an aromatic ring is 1. The van der Waals surface area contributed by atoms with E-state index in [0.29, 0.717) is 29.7 Å². The van der Waals surface area contributed by atoms with Gasteiger partial charge in [0.1, 0.15) is 11.6 Å². The van der Waals surface area contributed by atoms with Crippen LogP contribution in [0.25, 0.3) is 11.1 Å². The van der Waals surface area contributed by atoms with Crippen LogP contribution in [0.5, 0.6) is 0 Å². The molecule has 0 atom stereocenters. The van der Waals surface area contributed by atoms with E-state index in [9.17, 15) is 35.5 Å². The molecule has 2 amide bonds. The topological polar surface area (TPSA) is 117 Å². The summed E-state index contributed by atoms with van der Waals surface area (Å²) >= 11 is 0. The maximum atomic E-state index is 13.7. The second kappa shape index (κ2) is 10.9. The fourth-order valence-corrected chi connectivity index (χ4v) is 2.70. The molecule has 0 fully saturated rings. The van der Waals surface area contributed by atoms with Gasteiger partial charge >= 0.3 is 24.4 Å². The first-order valence-electron chi connectivity index (χ1n) is 9.65. The maximum Gasteiger partial charge on any atom is 0.490 e. The third-order valence-electron chi connectivity index (χ3n) is 4.37. The van der Waals surface area contributed by atoms with Crippen molar-refractivity contribution in [2.45, 2.75) is 19.3 Å². The number of carbonyl (C=O) groups excluding carboxylic acids is 1. The molecule has 0 radical (unpaired) electrons. The number of aliphatic carboxylic acids is 1. The summed E-state index contributed by atoms with van der Waals surface area (Å²) in [6, 6.07) is 9.33. The number of aromatic nitrogens is 1. The molecule has 0 saturated heterocycles. The fourth-order valence-electron chi connectivity index (χ4n) is 2.70. The van der Waals surface area contributed by atoms with Crippen LogP contribution in [0, 0.1) is 12.7 Å². The normalized spacial score (nSPS) is 11.2. The van der Waals surface area contributed by atoms with Gasteiger partial charge in [0.2, 0.25) is 0 Å². The van der Waals surface area contributed by atoms with Gasteiger partial charge in [-0.05, 0) is 54.4 Å². The van der Waals surface area contributed by atoms with E-state index < -0.39 is 41.4 Å². The van der Waals surface area contributed by atoms with Crippen molar-refractivity contribution in [1.29, 1.82) is 0 Å². The summed E-state index contributed by atoms with van der Waals surface area (Å²) in [5.74, 6) is -3.33. The number of amides is 2. The van der Waals surface area contributed by atoms with E-state index in [1.165, 1.54) is 0 Å². The van der Waals surface area contributed by atoms with Gasteiger partial charge in [-0.15, -0.1) is 0 Å². The minimum atomic E-state index is -5.08. The summed E-state index contributed by atoms with van der Waals surface area (Å²) in [7, 11) is 0. The first-order valence-corrected chi connectivity index (χ1v) is 9.65. The smallest absolute Gasteiger partial charge is 0.475 e. The summed E-state index contributed by atoms with van der Waals surface area (Å²) in [5, 5.41) is 11.7. The van der Waals surface area contributed by atoms with Gasteiger partial charge in [0, 0.05) is 17.4 Å². The Kier molecular flexibility index (Phi) is 8.46. The van der Waals surface area contributed by atoms with Crippen molar-refractivity contribution in [3.63, 3.8) is 0 Å². The number of carboxylic acids is 1. The highest BCUT2D eigenvalue weighted by Gasteiger charge is 2.38. The Bertz CT molecular complexity index is 1240. The standard InChI is InChI=1S/C20H16F4N4O.C2HF3O2/c1-11-8-18(25)26-10-15(11)12-2-5-14(6-3-12)27-19(29)28-17-9-13(20(22,23)24)4-7-16(17)21;3-2(4,5)1(6)7/h2-10H,1H3,(H2,25,26)(H2,27,28,29);(H,6,7). The SMILES string of the molecule is Cc1cc(N)ncc1-c1ccc(NC(=O)Nc2cc(C(F)(F)F)ccc2F)cc1.O=C(O)C(F)(F)F. The van der Waals surface area contributed by atoms with Crippen LogP contribution in [-0.2, 0) is 11.0 Å². The van der Waals surface area contributed by atoms with Crippen molar-refractivity contribution in [2.24, 2.45) is 0 Å². The lowest BCUT2D eigenvalue weighted by molar-refractivity contribution is -0.192. The lowest BCUT2D eigenvalue weighted by Crippen LogP contribution is -2.21. The zero-order valence-corrected chi connectivity index (χ0v) is 18.1. The number of carbonyl (C=O) groups is 2. The molecule has 0 bridgehead atoms. The molecule has 3 aromatic rings. The number of rotatable bonds is 3. The van der Waals surface area contributed by atoms with E-state index in [2.05, 4.69) is 15.6 Å². The summed E-state index contributed by atoms with van der Waals surface area (Å²) in [6.45, 7) is 1.89. The summed E-state index contributed by atoms with van der Waals surface area (Å²) in [4.78, 5) is 25.0. The molecular weight excluding hydrogens is 501 g/mol. The van der Waals surface area contributed by atoms with Crippen LogP contribution < -0.4 is 16.4 Å². The van der Waals surface area contributed by atoms with Crippen molar-refractivity contribution < 1.29 is 45.4 Å². The summed E-state index contributed by atoms with van der Waals surface area (Å²) < 4.78 is 83.7. The quantitative estimate of drug-likeness (QED) is 0.314. The molecule has 0 spiro atoms. The van der Waals surface area contributed by atoms with Gasteiger partial charge in [-0.3, -0.25) is 0 Å². The van der Waals surface area contributed by atoms with Crippen LogP contribution in [-0.4, -0.2) is 28.3 Å². The molecule has 2 aromatic carbocycles. The Balaban J connectivity index is 0.000000572. The highest BCUT2D eigenvalue weighted by Crippen LogP contribution is 2.32.